The molecular weight excluding hydrogens is 268 g/mol. The molecule has 1 atom stereocenters. The molecule has 2 N–H and O–H groups in total. The highest BCUT2D eigenvalue weighted by Crippen LogP contribution is 2.35. The Balaban J connectivity index is 1.90. The summed E-state index contributed by atoms with van der Waals surface area (Å²) in [5.41, 5.74) is 6.82. The van der Waals surface area contributed by atoms with Crippen LogP contribution >= 0.6 is 11.3 Å². The Kier molecular flexibility index (Phi) is 3.66. The van der Waals surface area contributed by atoms with Crippen molar-refractivity contribution in [3.05, 3.63) is 29.1 Å². The predicted octanol–water partition coefficient (Wildman–Crippen LogP) is 3.75. The molecule has 1 saturated heterocycles. The van der Waals surface area contributed by atoms with Crippen LogP contribution in [-0.4, -0.2) is 23.9 Å². The number of likely N-dealkylation sites (tertiary alicyclic amines) is 1. The van der Waals surface area contributed by atoms with E-state index < -0.39 is 0 Å². The van der Waals surface area contributed by atoms with Gasteiger partial charge in [0.05, 0.1) is 5.69 Å². The third kappa shape index (κ3) is 2.29. The van der Waals surface area contributed by atoms with Gasteiger partial charge in [-0.2, -0.15) is 0 Å². The van der Waals surface area contributed by atoms with E-state index in [1.54, 1.807) is 0 Å². The van der Waals surface area contributed by atoms with Crippen molar-refractivity contribution in [2.45, 2.75) is 26.2 Å². The predicted molar refractivity (Wildman–Crippen MR) is 85.2 cm³/mol. The molecule has 1 aromatic heterocycles. The second-order valence-electron chi connectivity index (χ2n) is 5.51. The Morgan fingerprint density at radius 3 is 3.00 bits per heavy atom. The molecule has 0 bridgehead atoms. The zero-order valence-electron chi connectivity index (χ0n) is 11.8. The van der Waals surface area contributed by atoms with Gasteiger partial charge >= 0.3 is 0 Å². The van der Waals surface area contributed by atoms with Gasteiger partial charge in [0, 0.05) is 23.2 Å². The van der Waals surface area contributed by atoms with E-state index in [0.29, 0.717) is 16.5 Å². The molecule has 0 spiro atoms. The molecule has 2 aromatic rings. The zero-order chi connectivity index (χ0) is 14.1. The maximum absolute atomic E-state index is 12.7. The van der Waals surface area contributed by atoms with Crippen LogP contribution in [0.15, 0.2) is 24.3 Å². The van der Waals surface area contributed by atoms with Crippen molar-refractivity contribution in [1.29, 1.82) is 0 Å². The van der Waals surface area contributed by atoms with E-state index in [2.05, 4.69) is 6.92 Å². The molecule has 4 heteroatoms. The van der Waals surface area contributed by atoms with Gasteiger partial charge in [-0.1, -0.05) is 31.5 Å². The highest BCUT2D eigenvalue weighted by molar-refractivity contribution is 7.21. The number of nitrogens with zero attached hydrogens (tertiary/aromatic N) is 1. The van der Waals surface area contributed by atoms with E-state index in [9.17, 15) is 4.79 Å². The van der Waals surface area contributed by atoms with Gasteiger partial charge in [-0.3, -0.25) is 4.79 Å². The van der Waals surface area contributed by atoms with Crippen LogP contribution in [0.1, 0.15) is 35.9 Å². The maximum atomic E-state index is 12.7. The number of rotatable bonds is 2. The summed E-state index contributed by atoms with van der Waals surface area (Å²) >= 11 is 1.52. The number of nitrogens with two attached hydrogens (primary N) is 1. The summed E-state index contributed by atoms with van der Waals surface area (Å²) in [7, 11) is 0. The van der Waals surface area contributed by atoms with Crippen LogP contribution < -0.4 is 5.73 Å². The molecule has 20 heavy (non-hydrogen) atoms. The van der Waals surface area contributed by atoms with E-state index in [0.717, 1.165) is 36.0 Å². The highest BCUT2D eigenvalue weighted by atomic mass is 32.1. The Morgan fingerprint density at radius 2 is 2.25 bits per heavy atom. The summed E-state index contributed by atoms with van der Waals surface area (Å²) in [5.74, 6) is 0.755. The number of hydrogen-bond acceptors (Lipinski definition) is 3. The lowest BCUT2D eigenvalue weighted by Gasteiger charge is -2.32. The number of amides is 1. The second kappa shape index (κ2) is 5.44. The molecule has 3 nitrogen and oxygen atoms in total. The van der Waals surface area contributed by atoms with Crippen LogP contribution in [0.3, 0.4) is 0 Å². The average molecular weight is 288 g/mol. The Labute approximate surface area is 123 Å². The Hall–Kier alpha value is -1.55. The highest BCUT2D eigenvalue weighted by Gasteiger charge is 2.26. The molecule has 1 aromatic carbocycles. The number of anilines is 1. The molecule has 1 amide bonds. The fourth-order valence-electron chi connectivity index (χ4n) is 2.95. The number of benzene rings is 1. The molecule has 106 valence electrons. The van der Waals surface area contributed by atoms with Crippen molar-refractivity contribution in [2.75, 3.05) is 18.8 Å². The van der Waals surface area contributed by atoms with Crippen molar-refractivity contribution in [2.24, 2.45) is 5.92 Å². The number of carbonyl (C=O) groups excluding carboxylic acids is 1. The Morgan fingerprint density at radius 1 is 1.45 bits per heavy atom. The maximum Gasteiger partial charge on any atom is 0.266 e. The molecule has 3 rings (SSSR count). The molecule has 2 heterocycles. The number of hydrogen-bond donors (Lipinski definition) is 1. The minimum absolute atomic E-state index is 0.113. The van der Waals surface area contributed by atoms with Gasteiger partial charge in [-0.25, -0.2) is 0 Å². The van der Waals surface area contributed by atoms with Crippen LogP contribution in [0.5, 0.6) is 0 Å². The van der Waals surface area contributed by atoms with Crippen LogP contribution in [-0.2, 0) is 0 Å². The van der Waals surface area contributed by atoms with Crippen molar-refractivity contribution in [3.8, 4) is 0 Å². The monoisotopic (exact) mass is 288 g/mol. The topological polar surface area (TPSA) is 46.3 Å². The van der Waals surface area contributed by atoms with Gasteiger partial charge in [0.15, 0.2) is 0 Å². The first-order valence-corrected chi connectivity index (χ1v) is 8.08. The van der Waals surface area contributed by atoms with E-state index in [1.165, 1.54) is 17.8 Å². The summed E-state index contributed by atoms with van der Waals surface area (Å²) in [6, 6.07) is 7.97. The summed E-state index contributed by atoms with van der Waals surface area (Å²) in [4.78, 5) is 15.4. The van der Waals surface area contributed by atoms with Gasteiger partial charge in [0.25, 0.3) is 5.91 Å². The molecule has 1 fully saturated rings. The fourth-order valence-corrected chi connectivity index (χ4v) is 4.04. The first kappa shape index (κ1) is 13.4. The second-order valence-corrected chi connectivity index (χ2v) is 6.56. The van der Waals surface area contributed by atoms with Crippen LogP contribution in [0.4, 0.5) is 5.69 Å². The van der Waals surface area contributed by atoms with E-state index in [-0.39, 0.29) is 5.91 Å². The van der Waals surface area contributed by atoms with Crippen LogP contribution in [0.25, 0.3) is 10.1 Å². The Bertz CT molecular complexity index is 634. The summed E-state index contributed by atoms with van der Waals surface area (Å²) < 4.78 is 1.09. The first-order valence-electron chi connectivity index (χ1n) is 7.27. The fraction of sp³-hybridized carbons (Fsp3) is 0.438. The van der Waals surface area contributed by atoms with Gasteiger partial charge in [-0.05, 0) is 24.8 Å². The SMILES string of the molecule is CCC1CCCN(C(=O)c2sc3ccccc3c2N)C1. The molecule has 0 aliphatic carbocycles. The van der Waals surface area contributed by atoms with Crippen molar-refractivity contribution >= 4 is 33.0 Å². The summed E-state index contributed by atoms with van der Waals surface area (Å²) in [5, 5.41) is 1.00. The minimum Gasteiger partial charge on any atom is -0.397 e. The molecule has 1 aliphatic rings. The van der Waals surface area contributed by atoms with E-state index in [1.807, 2.05) is 29.2 Å². The summed E-state index contributed by atoms with van der Waals surface area (Å²) in [6.45, 7) is 3.94. The lowest BCUT2D eigenvalue weighted by molar-refractivity contribution is 0.0677. The standard InChI is InChI=1S/C16H20N2OS/c1-2-11-6-5-9-18(10-11)16(19)15-14(17)12-7-3-4-8-13(12)20-15/h3-4,7-8,11H,2,5-6,9-10,17H2,1H3. The smallest absolute Gasteiger partial charge is 0.266 e. The molecule has 1 unspecified atom stereocenters. The van der Waals surface area contributed by atoms with E-state index in [4.69, 9.17) is 5.73 Å². The van der Waals surface area contributed by atoms with Gasteiger partial charge in [-0.15, -0.1) is 11.3 Å². The van der Waals surface area contributed by atoms with Crippen molar-refractivity contribution in [1.82, 2.24) is 4.90 Å². The van der Waals surface area contributed by atoms with Crippen LogP contribution in [0, 0.1) is 5.92 Å². The summed E-state index contributed by atoms with van der Waals surface area (Å²) in [6.07, 6.45) is 3.49. The number of piperidine rings is 1. The largest absolute Gasteiger partial charge is 0.397 e. The van der Waals surface area contributed by atoms with Gasteiger partial charge in [0.2, 0.25) is 0 Å². The lowest BCUT2D eigenvalue weighted by atomic mass is 9.95. The quantitative estimate of drug-likeness (QED) is 0.915. The van der Waals surface area contributed by atoms with Crippen LogP contribution in [0.2, 0.25) is 0 Å². The minimum atomic E-state index is 0.113. The third-order valence-electron chi connectivity index (χ3n) is 4.21. The number of carbonyl (C=O) groups is 1. The molecular formula is C16H20N2OS. The number of nitrogen functional groups attached to an aromatic ring is 1. The van der Waals surface area contributed by atoms with Gasteiger partial charge < -0.3 is 10.6 Å². The molecule has 0 radical (unpaired) electrons. The average Bonchev–Trinajstić information content (AvgIpc) is 2.84. The third-order valence-corrected chi connectivity index (χ3v) is 5.39. The first-order chi connectivity index (χ1) is 9.70. The number of thiophene rings is 1. The normalized spacial score (nSPS) is 19.4. The van der Waals surface area contributed by atoms with E-state index >= 15 is 0 Å². The zero-order valence-corrected chi connectivity index (χ0v) is 12.6. The molecule has 1 aliphatic heterocycles. The van der Waals surface area contributed by atoms with Gasteiger partial charge in [0.1, 0.15) is 4.88 Å². The molecule has 0 saturated carbocycles. The van der Waals surface area contributed by atoms with Crippen molar-refractivity contribution in [3.63, 3.8) is 0 Å². The van der Waals surface area contributed by atoms with Crippen molar-refractivity contribution < 1.29 is 4.79 Å². The number of fused-ring (bicyclic) bond motifs is 1. The lowest BCUT2D eigenvalue weighted by Crippen LogP contribution is -2.39.